The van der Waals surface area contributed by atoms with E-state index in [1.807, 2.05) is 25.1 Å². The lowest BCUT2D eigenvalue weighted by molar-refractivity contribution is 0.0696. The number of nitrogens with one attached hydrogen (secondary N) is 1. The average Bonchev–Trinajstić information content (AvgIpc) is 2.56. The topological polar surface area (TPSA) is 82.0 Å². The molecule has 0 radical (unpaired) electrons. The first kappa shape index (κ1) is 17.5. The maximum atomic E-state index is 12.1. The van der Waals surface area contributed by atoms with E-state index in [1.54, 1.807) is 30.3 Å². The molecule has 0 bridgehead atoms. The molecule has 2 aromatic rings. The average molecular weight is 346 g/mol. The van der Waals surface area contributed by atoms with Crippen molar-refractivity contribution in [1.29, 1.82) is 0 Å². The molecule has 0 aliphatic rings. The van der Waals surface area contributed by atoms with Crippen LogP contribution < -0.4 is 10.3 Å². The highest BCUT2D eigenvalue weighted by Crippen LogP contribution is 2.19. The van der Waals surface area contributed by atoms with E-state index in [4.69, 9.17) is 16.7 Å². The Hall–Kier alpha value is -2.86. The number of nitrogens with zero attached hydrogens (tertiary/aromatic N) is 2. The van der Waals surface area contributed by atoms with Crippen molar-refractivity contribution in [2.75, 3.05) is 19.0 Å². The van der Waals surface area contributed by atoms with Gasteiger partial charge in [0.05, 0.1) is 16.8 Å². The van der Waals surface area contributed by atoms with Gasteiger partial charge in [-0.15, -0.1) is 0 Å². The molecule has 2 N–H and O–H groups in total. The molecule has 2 rings (SSSR count). The zero-order valence-electron chi connectivity index (χ0n) is 13.2. The van der Waals surface area contributed by atoms with Crippen LogP contribution in [0.4, 0.5) is 5.69 Å². The molecule has 2 aromatic carbocycles. The first-order valence-corrected chi connectivity index (χ1v) is 7.40. The summed E-state index contributed by atoms with van der Waals surface area (Å²) < 4.78 is 0. The third kappa shape index (κ3) is 4.11. The molecule has 0 aliphatic carbocycles. The highest BCUT2D eigenvalue weighted by atomic mass is 35.5. The summed E-state index contributed by atoms with van der Waals surface area (Å²) in [5.41, 5.74) is 4.13. The van der Waals surface area contributed by atoms with Gasteiger partial charge in [0.2, 0.25) is 0 Å². The molecule has 0 spiro atoms. The third-order valence-corrected chi connectivity index (χ3v) is 3.68. The van der Waals surface area contributed by atoms with Crippen LogP contribution in [0.15, 0.2) is 47.6 Å². The Morgan fingerprint density at radius 2 is 1.92 bits per heavy atom. The fourth-order valence-electron chi connectivity index (χ4n) is 1.97. The monoisotopic (exact) mass is 345 g/mol. The normalized spacial score (nSPS) is 10.6. The summed E-state index contributed by atoms with van der Waals surface area (Å²) in [7, 11) is 3.76. The largest absolute Gasteiger partial charge is 0.478 e. The number of rotatable bonds is 5. The van der Waals surface area contributed by atoms with E-state index in [0.29, 0.717) is 11.1 Å². The fourth-order valence-corrected chi connectivity index (χ4v) is 2.22. The van der Waals surface area contributed by atoms with Gasteiger partial charge in [-0.25, -0.2) is 10.2 Å². The molecule has 24 heavy (non-hydrogen) atoms. The number of aromatic carboxylic acids is 1. The number of anilines is 1. The first-order chi connectivity index (χ1) is 11.4. The zero-order valence-corrected chi connectivity index (χ0v) is 13.9. The van der Waals surface area contributed by atoms with Crippen LogP contribution in [0.2, 0.25) is 5.02 Å². The molecular weight excluding hydrogens is 330 g/mol. The minimum atomic E-state index is -1.13. The summed E-state index contributed by atoms with van der Waals surface area (Å²) in [6, 6.07) is 11.6. The zero-order chi connectivity index (χ0) is 17.7. The SMILES string of the molecule is CN(C)c1cccc(C(=O)NN=Cc2cccc(C(=O)O)c2Cl)c1. The van der Waals surface area contributed by atoms with Crippen LogP contribution in [0.3, 0.4) is 0 Å². The first-order valence-electron chi connectivity index (χ1n) is 7.02. The summed E-state index contributed by atoms with van der Waals surface area (Å²) in [6.45, 7) is 0. The summed E-state index contributed by atoms with van der Waals surface area (Å²) in [5, 5.41) is 12.9. The molecule has 0 fully saturated rings. The Morgan fingerprint density at radius 1 is 1.21 bits per heavy atom. The Kier molecular flexibility index (Phi) is 5.55. The summed E-state index contributed by atoms with van der Waals surface area (Å²) in [6.07, 6.45) is 1.31. The van der Waals surface area contributed by atoms with Crippen LogP contribution in [0.25, 0.3) is 0 Å². The van der Waals surface area contributed by atoms with Crippen molar-refractivity contribution in [2.24, 2.45) is 5.10 Å². The quantitative estimate of drug-likeness (QED) is 0.645. The lowest BCUT2D eigenvalue weighted by Gasteiger charge is -2.12. The Labute approximate surface area is 144 Å². The van der Waals surface area contributed by atoms with Crippen molar-refractivity contribution >= 4 is 35.4 Å². The number of carbonyl (C=O) groups excluding carboxylic acids is 1. The molecule has 0 atom stereocenters. The van der Waals surface area contributed by atoms with E-state index in [-0.39, 0.29) is 16.5 Å². The van der Waals surface area contributed by atoms with E-state index in [0.717, 1.165) is 5.69 Å². The van der Waals surface area contributed by atoms with Crippen molar-refractivity contribution in [3.05, 3.63) is 64.2 Å². The van der Waals surface area contributed by atoms with Crippen LogP contribution in [0, 0.1) is 0 Å². The molecule has 0 saturated heterocycles. The molecule has 0 heterocycles. The lowest BCUT2D eigenvalue weighted by Crippen LogP contribution is -2.18. The summed E-state index contributed by atoms with van der Waals surface area (Å²) >= 11 is 6.00. The van der Waals surface area contributed by atoms with E-state index in [1.165, 1.54) is 12.3 Å². The molecular formula is C17H16ClN3O3. The molecule has 7 heteroatoms. The lowest BCUT2D eigenvalue weighted by atomic mass is 10.1. The Morgan fingerprint density at radius 3 is 2.58 bits per heavy atom. The van der Waals surface area contributed by atoms with Crippen LogP contribution in [-0.2, 0) is 0 Å². The molecule has 0 aromatic heterocycles. The van der Waals surface area contributed by atoms with Gasteiger partial charge in [-0.3, -0.25) is 4.79 Å². The number of hydrogen-bond donors (Lipinski definition) is 2. The van der Waals surface area contributed by atoms with Crippen molar-refractivity contribution in [3.63, 3.8) is 0 Å². The Bertz CT molecular complexity index is 803. The molecule has 6 nitrogen and oxygen atoms in total. The Balaban J connectivity index is 2.12. The highest BCUT2D eigenvalue weighted by molar-refractivity contribution is 6.35. The number of hydrazone groups is 1. The van der Waals surface area contributed by atoms with Crippen LogP contribution >= 0.6 is 11.6 Å². The molecule has 1 amide bonds. The number of benzene rings is 2. The second-order valence-electron chi connectivity index (χ2n) is 5.16. The molecule has 0 saturated carbocycles. The van der Waals surface area contributed by atoms with Gasteiger partial charge in [-0.1, -0.05) is 29.8 Å². The molecule has 124 valence electrons. The van der Waals surface area contributed by atoms with Crippen molar-refractivity contribution < 1.29 is 14.7 Å². The second kappa shape index (κ2) is 7.61. The fraction of sp³-hybridized carbons (Fsp3) is 0.118. The minimum Gasteiger partial charge on any atom is -0.478 e. The number of amides is 1. The van der Waals surface area contributed by atoms with Gasteiger partial charge in [0.1, 0.15) is 0 Å². The predicted molar refractivity (Wildman–Crippen MR) is 94.2 cm³/mol. The predicted octanol–water partition coefficient (Wildman–Crippen LogP) is 2.87. The number of carbonyl (C=O) groups is 2. The van der Waals surface area contributed by atoms with Gasteiger partial charge < -0.3 is 10.0 Å². The van der Waals surface area contributed by atoms with Crippen molar-refractivity contribution in [2.45, 2.75) is 0 Å². The van der Waals surface area contributed by atoms with Gasteiger partial charge in [0, 0.05) is 30.9 Å². The van der Waals surface area contributed by atoms with Crippen LogP contribution in [0.1, 0.15) is 26.3 Å². The number of hydrogen-bond acceptors (Lipinski definition) is 4. The molecule has 0 unspecified atom stereocenters. The van der Waals surface area contributed by atoms with Gasteiger partial charge in [0.25, 0.3) is 5.91 Å². The minimum absolute atomic E-state index is 0.0226. The molecule has 0 aliphatic heterocycles. The van der Waals surface area contributed by atoms with Gasteiger partial charge in [0.15, 0.2) is 0 Å². The van der Waals surface area contributed by atoms with Crippen molar-refractivity contribution in [3.8, 4) is 0 Å². The smallest absolute Gasteiger partial charge is 0.337 e. The standard InChI is InChI=1S/C17H16ClN3O3/c1-21(2)13-7-3-5-11(9-13)16(22)20-19-10-12-6-4-8-14(15(12)18)17(23)24/h3-10H,1-2H3,(H,20,22)(H,23,24). The van der Waals surface area contributed by atoms with Gasteiger partial charge in [-0.05, 0) is 24.3 Å². The maximum absolute atomic E-state index is 12.1. The number of carboxylic acids is 1. The second-order valence-corrected chi connectivity index (χ2v) is 5.54. The van der Waals surface area contributed by atoms with Crippen LogP contribution in [0.5, 0.6) is 0 Å². The van der Waals surface area contributed by atoms with Crippen molar-refractivity contribution in [1.82, 2.24) is 5.43 Å². The van der Waals surface area contributed by atoms with Gasteiger partial charge in [-0.2, -0.15) is 5.10 Å². The maximum Gasteiger partial charge on any atom is 0.337 e. The number of halogens is 1. The van der Waals surface area contributed by atoms with Gasteiger partial charge >= 0.3 is 5.97 Å². The number of carboxylic acid groups (broad SMARTS) is 1. The summed E-state index contributed by atoms with van der Waals surface area (Å²) in [5.74, 6) is -1.50. The van der Waals surface area contributed by atoms with E-state index >= 15 is 0 Å². The van der Waals surface area contributed by atoms with E-state index in [9.17, 15) is 9.59 Å². The van der Waals surface area contributed by atoms with E-state index in [2.05, 4.69) is 10.5 Å². The third-order valence-electron chi connectivity index (χ3n) is 3.25. The summed E-state index contributed by atoms with van der Waals surface area (Å²) in [4.78, 5) is 25.0. The van der Waals surface area contributed by atoms with E-state index < -0.39 is 5.97 Å². The van der Waals surface area contributed by atoms with Crippen LogP contribution in [-0.4, -0.2) is 37.3 Å². The highest BCUT2D eigenvalue weighted by Gasteiger charge is 2.11.